The summed E-state index contributed by atoms with van der Waals surface area (Å²) in [6.07, 6.45) is 3.26. The van der Waals surface area contributed by atoms with Crippen molar-refractivity contribution >= 4 is 48.9 Å². The Labute approximate surface area is 130 Å². The predicted octanol–water partition coefficient (Wildman–Crippen LogP) is 2.99. The van der Waals surface area contributed by atoms with Gasteiger partial charge in [-0.3, -0.25) is 0 Å². The van der Waals surface area contributed by atoms with Gasteiger partial charge in [0.05, 0.1) is 14.9 Å². The molecule has 108 valence electrons. The lowest BCUT2D eigenvalue weighted by Crippen LogP contribution is -2.36. The molecule has 0 aromatic carbocycles. The van der Waals surface area contributed by atoms with Gasteiger partial charge in [-0.1, -0.05) is 24.4 Å². The van der Waals surface area contributed by atoms with E-state index in [4.69, 9.17) is 11.6 Å². The second-order valence-corrected chi connectivity index (χ2v) is 9.42. The molecule has 1 aromatic heterocycles. The molecule has 1 aliphatic rings. The molecule has 1 aliphatic carbocycles. The van der Waals surface area contributed by atoms with Crippen LogP contribution in [0.25, 0.3) is 0 Å². The van der Waals surface area contributed by atoms with Crippen molar-refractivity contribution in [3.63, 3.8) is 0 Å². The molecular weight excluding hydrogens is 374 g/mol. The largest absolute Gasteiger partial charge is 0.393 e. The molecule has 19 heavy (non-hydrogen) atoms. The minimum Gasteiger partial charge on any atom is -0.393 e. The molecule has 0 aliphatic heterocycles. The number of sulfonamides is 1. The standard InChI is InChI=1S/C11H15BrClNO3S2/c12-11-8(13)5-10(18-11)19(16,17)14-6-7-3-1-2-4-9(7)15/h5,7,9,14-15H,1-4,6H2. The van der Waals surface area contributed by atoms with E-state index >= 15 is 0 Å². The molecule has 2 N–H and O–H groups in total. The Morgan fingerprint density at radius 2 is 2.16 bits per heavy atom. The lowest BCUT2D eigenvalue weighted by atomic mass is 9.87. The Hall–Kier alpha value is 0.340. The molecule has 0 spiro atoms. The molecule has 2 rings (SSSR count). The monoisotopic (exact) mass is 387 g/mol. The fourth-order valence-corrected chi connectivity index (χ4v) is 5.71. The first kappa shape index (κ1) is 15.7. The minimum atomic E-state index is -3.54. The second kappa shape index (κ2) is 6.41. The molecule has 8 heteroatoms. The van der Waals surface area contributed by atoms with Crippen LogP contribution in [0.1, 0.15) is 25.7 Å². The first-order chi connectivity index (χ1) is 8.90. The maximum Gasteiger partial charge on any atom is 0.250 e. The third-order valence-electron chi connectivity index (χ3n) is 3.29. The van der Waals surface area contributed by atoms with E-state index in [-0.39, 0.29) is 16.7 Å². The summed E-state index contributed by atoms with van der Waals surface area (Å²) in [4.78, 5) is 0. The Bertz CT molecular complexity index is 527. The van der Waals surface area contributed by atoms with Crippen LogP contribution in [0.2, 0.25) is 5.02 Å². The van der Waals surface area contributed by atoms with Crippen LogP contribution in [0.4, 0.5) is 0 Å². The Morgan fingerprint density at radius 3 is 2.74 bits per heavy atom. The van der Waals surface area contributed by atoms with Crippen molar-refractivity contribution in [2.75, 3.05) is 6.54 Å². The van der Waals surface area contributed by atoms with Gasteiger partial charge in [-0.25, -0.2) is 13.1 Å². The van der Waals surface area contributed by atoms with Crippen LogP contribution < -0.4 is 4.72 Å². The van der Waals surface area contributed by atoms with Gasteiger partial charge in [-0.15, -0.1) is 11.3 Å². The quantitative estimate of drug-likeness (QED) is 0.833. The minimum absolute atomic E-state index is 0.00222. The molecular formula is C11H15BrClNO3S2. The summed E-state index contributed by atoms with van der Waals surface area (Å²) in [6, 6.07) is 1.43. The molecule has 0 radical (unpaired) electrons. The zero-order valence-electron chi connectivity index (χ0n) is 10.1. The predicted molar refractivity (Wildman–Crippen MR) is 80.2 cm³/mol. The highest BCUT2D eigenvalue weighted by Crippen LogP contribution is 2.34. The van der Waals surface area contributed by atoms with Gasteiger partial charge in [-0.2, -0.15) is 0 Å². The van der Waals surface area contributed by atoms with E-state index in [1.54, 1.807) is 0 Å². The normalized spacial score (nSPS) is 24.6. The van der Waals surface area contributed by atoms with E-state index in [1.165, 1.54) is 6.07 Å². The first-order valence-corrected chi connectivity index (χ1v) is 9.50. The number of hydrogen-bond acceptors (Lipinski definition) is 4. The number of hydrogen-bond donors (Lipinski definition) is 2. The van der Waals surface area contributed by atoms with Gasteiger partial charge >= 0.3 is 0 Å². The van der Waals surface area contributed by atoms with Crippen LogP contribution >= 0.6 is 38.9 Å². The van der Waals surface area contributed by atoms with Gasteiger partial charge < -0.3 is 5.11 Å². The average Bonchev–Trinajstić information content (AvgIpc) is 2.70. The molecule has 0 saturated heterocycles. The van der Waals surface area contributed by atoms with Crippen LogP contribution in [-0.4, -0.2) is 26.2 Å². The zero-order valence-corrected chi connectivity index (χ0v) is 14.1. The smallest absolute Gasteiger partial charge is 0.250 e. The summed E-state index contributed by atoms with van der Waals surface area (Å²) in [5.74, 6) is 0.00222. The third-order valence-corrected chi connectivity index (χ3v) is 7.66. The topological polar surface area (TPSA) is 66.4 Å². The molecule has 1 fully saturated rings. The summed E-state index contributed by atoms with van der Waals surface area (Å²) in [7, 11) is -3.54. The van der Waals surface area contributed by atoms with E-state index in [1.807, 2.05) is 0 Å². The van der Waals surface area contributed by atoms with Crippen LogP contribution in [0.5, 0.6) is 0 Å². The molecule has 2 atom stereocenters. The lowest BCUT2D eigenvalue weighted by molar-refractivity contribution is 0.0724. The molecule has 1 heterocycles. The van der Waals surface area contributed by atoms with Crippen molar-refractivity contribution < 1.29 is 13.5 Å². The fraction of sp³-hybridized carbons (Fsp3) is 0.636. The Morgan fingerprint density at radius 1 is 1.47 bits per heavy atom. The molecule has 4 nitrogen and oxygen atoms in total. The highest BCUT2D eigenvalue weighted by molar-refractivity contribution is 9.11. The summed E-state index contributed by atoms with van der Waals surface area (Å²) >= 11 is 10.1. The molecule has 0 bridgehead atoms. The van der Waals surface area contributed by atoms with Crippen LogP contribution in [-0.2, 0) is 10.0 Å². The Balaban J connectivity index is 2.01. The number of aliphatic hydroxyl groups excluding tert-OH is 1. The van der Waals surface area contributed by atoms with Gasteiger partial charge in [0.2, 0.25) is 10.0 Å². The second-order valence-electron chi connectivity index (χ2n) is 4.65. The molecule has 2 unspecified atom stereocenters. The first-order valence-electron chi connectivity index (χ1n) is 6.02. The summed E-state index contributed by atoms with van der Waals surface area (Å²) in [6.45, 7) is 0.274. The van der Waals surface area contributed by atoms with E-state index in [0.29, 0.717) is 8.81 Å². The highest BCUT2D eigenvalue weighted by atomic mass is 79.9. The van der Waals surface area contributed by atoms with Gasteiger partial charge in [-0.05, 0) is 40.8 Å². The van der Waals surface area contributed by atoms with Gasteiger partial charge in [0, 0.05) is 6.54 Å². The van der Waals surface area contributed by atoms with Crippen molar-refractivity contribution in [1.29, 1.82) is 0 Å². The number of thiophene rings is 1. The summed E-state index contributed by atoms with van der Waals surface area (Å²) in [5, 5.41) is 10.2. The van der Waals surface area contributed by atoms with Crippen molar-refractivity contribution in [3.8, 4) is 0 Å². The summed E-state index contributed by atoms with van der Waals surface area (Å²) < 4.78 is 27.5. The number of nitrogens with one attached hydrogen (secondary N) is 1. The van der Waals surface area contributed by atoms with Gasteiger partial charge in [0.15, 0.2) is 0 Å². The summed E-state index contributed by atoms with van der Waals surface area (Å²) in [5.41, 5.74) is 0. The molecule has 1 aromatic rings. The van der Waals surface area contributed by atoms with Crippen LogP contribution in [0.15, 0.2) is 14.1 Å². The SMILES string of the molecule is O=S(=O)(NCC1CCCCC1O)c1cc(Cl)c(Br)s1. The van der Waals surface area contributed by atoms with Gasteiger partial charge in [0.25, 0.3) is 0 Å². The van der Waals surface area contributed by atoms with E-state index in [0.717, 1.165) is 37.0 Å². The zero-order chi connectivity index (χ0) is 14.0. The lowest BCUT2D eigenvalue weighted by Gasteiger charge is -2.27. The van der Waals surface area contributed by atoms with Gasteiger partial charge in [0.1, 0.15) is 4.21 Å². The van der Waals surface area contributed by atoms with Crippen molar-refractivity contribution in [2.24, 2.45) is 5.92 Å². The number of aliphatic hydroxyl groups is 1. The van der Waals surface area contributed by atoms with Crippen molar-refractivity contribution in [1.82, 2.24) is 4.72 Å². The number of halogens is 2. The average molecular weight is 389 g/mol. The highest BCUT2D eigenvalue weighted by Gasteiger charge is 2.26. The van der Waals surface area contributed by atoms with Crippen LogP contribution in [0.3, 0.4) is 0 Å². The van der Waals surface area contributed by atoms with Crippen molar-refractivity contribution in [2.45, 2.75) is 36.0 Å². The van der Waals surface area contributed by atoms with E-state index < -0.39 is 16.1 Å². The molecule has 1 saturated carbocycles. The number of rotatable bonds is 4. The maximum absolute atomic E-state index is 12.1. The van der Waals surface area contributed by atoms with E-state index in [2.05, 4.69) is 20.7 Å². The van der Waals surface area contributed by atoms with E-state index in [9.17, 15) is 13.5 Å². The maximum atomic E-state index is 12.1. The third kappa shape index (κ3) is 3.92. The fourth-order valence-electron chi connectivity index (χ4n) is 2.17. The van der Waals surface area contributed by atoms with Crippen LogP contribution in [0, 0.1) is 5.92 Å². The Kier molecular flexibility index (Phi) is 5.30. The van der Waals surface area contributed by atoms with Crippen molar-refractivity contribution in [3.05, 3.63) is 14.9 Å². The molecule has 0 amide bonds.